The predicted molar refractivity (Wildman–Crippen MR) is 64.7 cm³/mol. The number of H-pyrrole nitrogens is 1. The molecule has 3 N–H and O–H groups in total. The lowest BCUT2D eigenvalue weighted by molar-refractivity contribution is 0.348. The molecule has 18 heavy (non-hydrogen) atoms. The molecule has 3 aromatic rings. The Labute approximate surface area is 103 Å². The van der Waals surface area contributed by atoms with E-state index in [2.05, 4.69) is 15.1 Å². The van der Waals surface area contributed by atoms with E-state index in [1.807, 2.05) is 47.4 Å². The molecule has 0 aliphatic carbocycles. The van der Waals surface area contributed by atoms with E-state index in [0.717, 1.165) is 5.69 Å². The molecule has 6 heteroatoms. The van der Waals surface area contributed by atoms with Crippen LogP contribution >= 0.6 is 0 Å². The molecule has 0 bridgehead atoms. The number of aromatic nitrogens is 4. The third-order valence-electron chi connectivity index (χ3n) is 2.74. The van der Waals surface area contributed by atoms with Gasteiger partial charge in [0.1, 0.15) is 0 Å². The predicted octanol–water partition coefficient (Wildman–Crippen LogP) is 1.30. The third kappa shape index (κ3) is 1.82. The maximum absolute atomic E-state index is 5.50. The topological polar surface area (TPSA) is 85.7 Å². The van der Waals surface area contributed by atoms with Crippen LogP contribution in [0.3, 0.4) is 0 Å². The lowest BCUT2D eigenvalue weighted by Gasteiger charge is -2.13. The van der Waals surface area contributed by atoms with Crippen molar-refractivity contribution >= 4 is 0 Å². The van der Waals surface area contributed by atoms with E-state index in [4.69, 9.17) is 10.3 Å². The van der Waals surface area contributed by atoms with E-state index in [1.54, 1.807) is 0 Å². The summed E-state index contributed by atoms with van der Waals surface area (Å²) in [5.41, 5.74) is 6.49. The lowest BCUT2D eigenvalue weighted by Crippen LogP contribution is -2.11. The first-order chi connectivity index (χ1) is 8.88. The first kappa shape index (κ1) is 10.8. The maximum Gasteiger partial charge on any atom is 0.255 e. The third-order valence-corrected chi connectivity index (χ3v) is 2.74. The highest BCUT2D eigenvalue weighted by Gasteiger charge is 2.22. The second kappa shape index (κ2) is 4.50. The van der Waals surface area contributed by atoms with Gasteiger partial charge in [-0.1, -0.05) is 5.16 Å². The molecule has 0 aromatic carbocycles. The van der Waals surface area contributed by atoms with Crippen LogP contribution in [-0.4, -0.2) is 19.7 Å². The number of nitrogens with zero attached hydrogens (tertiary/aromatic N) is 3. The van der Waals surface area contributed by atoms with Gasteiger partial charge in [-0.3, -0.25) is 0 Å². The highest BCUT2D eigenvalue weighted by Crippen LogP contribution is 2.24. The molecule has 0 fully saturated rings. The highest BCUT2D eigenvalue weighted by atomic mass is 16.5. The molecule has 0 amide bonds. The monoisotopic (exact) mass is 243 g/mol. The van der Waals surface area contributed by atoms with Gasteiger partial charge in [0.25, 0.3) is 5.89 Å². The van der Waals surface area contributed by atoms with Gasteiger partial charge in [0.15, 0.2) is 11.9 Å². The number of nitrogens with two attached hydrogens (primary N) is 1. The van der Waals surface area contributed by atoms with Crippen LogP contribution in [0.4, 0.5) is 0 Å². The van der Waals surface area contributed by atoms with Gasteiger partial charge in [0.2, 0.25) is 0 Å². The highest BCUT2D eigenvalue weighted by molar-refractivity contribution is 5.19. The summed E-state index contributed by atoms with van der Waals surface area (Å²) in [5.74, 6) is 1.03. The molecular weight excluding hydrogens is 230 g/mol. The second-order valence-corrected chi connectivity index (χ2v) is 3.91. The van der Waals surface area contributed by atoms with Crippen molar-refractivity contribution in [3.63, 3.8) is 0 Å². The number of hydrogen-bond acceptors (Lipinski definition) is 4. The molecule has 6 nitrogen and oxygen atoms in total. The van der Waals surface area contributed by atoms with Crippen LogP contribution in [0.15, 0.2) is 47.4 Å². The summed E-state index contributed by atoms with van der Waals surface area (Å²) >= 11 is 0. The molecule has 0 aliphatic rings. The van der Waals surface area contributed by atoms with Gasteiger partial charge in [-0.15, -0.1) is 0 Å². The zero-order valence-corrected chi connectivity index (χ0v) is 9.65. The lowest BCUT2D eigenvalue weighted by atomic mass is 10.2. The molecule has 1 atom stereocenters. The van der Waals surface area contributed by atoms with Gasteiger partial charge < -0.3 is 19.8 Å². The van der Waals surface area contributed by atoms with Crippen LogP contribution in [-0.2, 0) is 6.54 Å². The summed E-state index contributed by atoms with van der Waals surface area (Å²) in [6.45, 7) is 0.270. The minimum Gasteiger partial charge on any atom is -0.363 e. The Morgan fingerprint density at radius 2 is 2.17 bits per heavy atom. The Morgan fingerprint density at radius 3 is 2.78 bits per heavy atom. The largest absolute Gasteiger partial charge is 0.363 e. The maximum atomic E-state index is 5.50. The summed E-state index contributed by atoms with van der Waals surface area (Å²) in [6.07, 6.45) is 5.78. The van der Waals surface area contributed by atoms with Gasteiger partial charge in [0, 0.05) is 24.3 Å². The van der Waals surface area contributed by atoms with E-state index in [1.165, 1.54) is 0 Å². The Morgan fingerprint density at radius 1 is 1.33 bits per heavy atom. The van der Waals surface area contributed by atoms with Crippen molar-refractivity contribution in [2.45, 2.75) is 12.6 Å². The summed E-state index contributed by atoms with van der Waals surface area (Å²) in [4.78, 5) is 7.47. The van der Waals surface area contributed by atoms with E-state index in [9.17, 15) is 0 Å². The van der Waals surface area contributed by atoms with Gasteiger partial charge >= 0.3 is 0 Å². The minimum atomic E-state index is -0.150. The second-order valence-electron chi connectivity index (χ2n) is 3.91. The van der Waals surface area contributed by atoms with Gasteiger partial charge in [0.05, 0.1) is 6.54 Å². The Hall–Kier alpha value is -2.34. The zero-order chi connectivity index (χ0) is 12.4. The summed E-state index contributed by atoms with van der Waals surface area (Å²) in [7, 11) is 0. The molecule has 0 spiro atoms. The van der Waals surface area contributed by atoms with Crippen molar-refractivity contribution < 1.29 is 4.52 Å². The molecule has 3 aromatic heterocycles. The first-order valence-corrected chi connectivity index (χ1v) is 5.67. The summed E-state index contributed by atoms with van der Waals surface area (Å²) in [5, 5.41) is 3.84. The van der Waals surface area contributed by atoms with Crippen molar-refractivity contribution in [1.82, 2.24) is 19.7 Å². The molecule has 0 aliphatic heterocycles. The number of hydrogen-bond donors (Lipinski definition) is 2. The molecule has 0 saturated carbocycles. The van der Waals surface area contributed by atoms with Crippen LogP contribution in [0.25, 0.3) is 0 Å². The number of nitrogens with one attached hydrogen (secondary N) is 1. The SMILES string of the molecule is NCc1noc(C(c2ccc[nH]2)n2cccc2)n1. The fraction of sp³-hybridized carbons (Fsp3) is 0.167. The van der Waals surface area contributed by atoms with Crippen LogP contribution in [0, 0.1) is 0 Å². The molecular formula is C12H13N5O. The van der Waals surface area contributed by atoms with Crippen LogP contribution < -0.4 is 5.73 Å². The molecule has 0 saturated heterocycles. The Balaban J connectivity index is 2.05. The fourth-order valence-corrected chi connectivity index (χ4v) is 1.92. The zero-order valence-electron chi connectivity index (χ0n) is 9.65. The van der Waals surface area contributed by atoms with Crippen molar-refractivity contribution in [2.24, 2.45) is 5.73 Å². The molecule has 3 rings (SSSR count). The van der Waals surface area contributed by atoms with E-state index >= 15 is 0 Å². The van der Waals surface area contributed by atoms with Gasteiger partial charge in [-0.05, 0) is 24.3 Å². The van der Waals surface area contributed by atoms with Gasteiger partial charge in [-0.2, -0.15) is 4.98 Å². The van der Waals surface area contributed by atoms with Crippen LogP contribution in [0.1, 0.15) is 23.5 Å². The molecule has 1 unspecified atom stereocenters. The molecule has 3 heterocycles. The van der Waals surface area contributed by atoms with Crippen molar-refractivity contribution in [2.75, 3.05) is 0 Å². The normalized spacial score (nSPS) is 12.7. The first-order valence-electron chi connectivity index (χ1n) is 5.67. The molecule has 92 valence electrons. The van der Waals surface area contributed by atoms with E-state index < -0.39 is 0 Å². The van der Waals surface area contributed by atoms with Crippen molar-refractivity contribution in [3.8, 4) is 0 Å². The Bertz CT molecular complexity index is 562. The van der Waals surface area contributed by atoms with Crippen molar-refractivity contribution in [3.05, 3.63) is 60.3 Å². The number of aromatic amines is 1. The average molecular weight is 243 g/mol. The fourth-order valence-electron chi connectivity index (χ4n) is 1.92. The van der Waals surface area contributed by atoms with Crippen LogP contribution in [0.5, 0.6) is 0 Å². The van der Waals surface area contributed by atoms with E-state index in [0.29, 0.717) is 11.7 Å². The standard InChI is InChI=1S/C12H13N5O/c13-8-10-15-12(18-16-10)11(9-4-3-5-14-9)17-6-1-2-7-17/h1-7,11,14H,8,13H2. The smallest absolute Gasteiger partial charge is 0.255 e. The number of rotatable bonds is 4. The summed E-state index contributed by atoms with van der Waals surface area (Å²) in [6, 6.07) is 7.68. The minimum absolute atomic E-state index is 0.150. The summed E-state index contributed by atoms with van der Waals surface area (Å²) < 4.78 is 7.28. The van der Waals surface area contributed by atoms with Crippen molar-refractivity contribution in [1.29, 1.82) is 0 Å². The Kier molecular flexibility index (Phi) is 2.70. The average Bonchev–Trinajstić information content (AvgIpc) is 3.13. The van der Waals surface area contributed by atoms with Crippen LogP contribution in [0.2, 0.25) is 0 Å². The molecule has 0 radical (unpaired) electrons. The van der Waals surface area contributed by atoms with Gasteiger partial charge in [-0.25, -0.2) is 0 Å². The quantitative estimate of drug-likeness (QED) is 0.723. The van der Waals surface area contributed by atoms with E-state index in [-0.39, 0.29) is 12.6 Å².